The summed E-state index contributed by atoms with van der Waals surface area (Å²) in [5, 5.41) is 5.82. The van der Waals surface area contributed by atoms with E-state index in [4.69, 9.17) is 4.74 Å². The molecule has 22 heavy (non-hydrogen) atoms. The van der Waals surface area contributed by atoms with Crippen molar-refractivity contribution in [3.05, 3.63) is 24.3 Å². The van der Waals surface area contributed by atoms with Crippen LogP contribution in [0.4, 0.5) is 5.69 Å². The van der Waals surface area contributed by atoms with Crippen molar-refractivity contribution in [1.82, 2.24) is 5.32 Å². The van der Waals surface area contributed by atoms with Gasteiger partial charge in [-0.2, -0.15) is 0 Å². The Morgan fingerprint density at radius 1 is 1.23 bits per heavy atom. The number of hydrogen-bond acceptors (Lipinski definition) is 5. The van der Waals surface area contributed by atoms with Crippen LogP contribution in [0.3, 0.4) is 0 Å². The van der Waals surface area contributed by atoms with E-state index in [1.54, 1.807) is 24.3 Å². The first kappa shape index (κ1) is 18.0. The molecule has 1 aromatic rings. The predicted octanol–water partition coefficient (Wildman–Crippen LogP) is 1.81. The fraction of sp³-hybridized carbons (Fsp3) is 0.500. The van der Waals surface area contributed by atoms with E-state index >= 15 is 0 Å². The highest BCUT2D eigenvalue weighted by atomic mass is 16.5. The number of carbonyl (C=O) groups is 2. The summed E-state index contributed by atoms with van der Waals surface area (Å²) in [7, 11) is 3.18. The first-order valence-electron chi connectivity index (χ1n) is 7.32. The number of carbonyl (C=O) groups excluding carboxylic acids is 2. The lowest BCUT2D eigenvalue weighted by Crippen LogP contribution is -2.28. The topological polar surface area (TPSA) is 76.7 Å². The number of ether oxygens (including phenoxy) is 2. The Labute approximate surface area is 131 Å². The molecular formula is C16H24N2O4. The number of esters is 1. The van der Waals surface area contributed by atoms with E-state index < -0.39 is 0 Å². The molecule has 0 heterocycles. The van der Waals surface area contributed by atoms with Crippen molar-refractivity contribution >= 4 is 17.6 Å². The van der Waals surface area contributed by atoms with E-state index in [1.165, 1.54) is 7.11 Å². The van der Waals surface area contributed by atoms with Gasteiger partial charge in [-0.15, -0.1) is 0 Å². The number of hydrogen-bond donors (Lipinski definition) is 2. The third kappa shape index (κ3) is 6.58. The quantitative estimate of drug-likeness (QED) is 0.537. The van der Waals surface area contributed by atoms with E-state index in [-0.39, 0.29) is 17.8 Å². The van der Waals surface area contributed by atoms with Crippen LogP contribution in [0, 0.1) is 5.92 Å². The van der Waals surface area contributed by atoms with Crippen molar-refractivity contribution < 1.29 is 19.1 Å². The molecule has 0 bridgehead atoms. The van der Waals surface area contributed by atoms with Gasteiger partial charge in [0.2, 0.25) is 5.91 Å². The first-order chi connectivity index (χ1) is 10.6. The SMILES string of the molecule is CNCC(C)C(=O)Nc1ccc(OCCCC(=O)OC)cc1. The normalized spacial score (nSPS) is 11.6. The number of nitrogens with one attached hydrogen (secondary N) is 2. The van der Waals surface area contributed by atoms with Gasteiger partial charge in [-0.1, -0.05) is 6.92 Å². The van der Waals surface area contributed by atoms with Gasteiger partial charge < -0.3 is 20.1 Å². The molecule has 122 valence electrons. The lowest BCUT2D eigenvalue weighted by molar-refractivity contribution is -0.140. The van der Waals surface area contributed by atoms with Crippen molar-refractivity contribution in [3.8, 4) is 5.75 Å². The highest BCUT2D eigenvalue weighted by Crippen LogP contribution is 2.16. The average Bonchev–Trinajstić information content (AvgIpc) is 2.53. The highest BCUT2D eigenvalue weighted by Gasteiger charge is 2.11. The summed E-state index contributed by atoms with van der Waals surface area (Å²) in [4.78, 5) is 22.8. The Hall–Kier alpha value is -2.08. The molecule has 0 aliphatic heterocycles. The number of benzene rings is 1. The third-order valence-corrected chi connectivity index (χ3v) is 3.10. The van der Waals surface area contributed by atoms with E-state index in [2.05, 4.69) is 15.4 Å². The standard InChI is InChI=1S/C16H24N2O4/c1-12(11-17-2)16(20)18-13-6-8-14(9-7-13)22-10-4-5-15(19)21-3/h6-9,12,17H,4-5,10-11H2,1-3H3,(H,18,20). The number of anilines is 1. The zero-order valence-corrected chi connectivity index (χ0v) is 13.3. The van der Waals surface area contributed by atoms with Crippen LogP contribution in [0.15, 0.2) is 24.3 Å². The van der Waals surface area contributed by atoms with Crippen LogP contribution < -0.4 is 15.4 Å². The Bertz CT molecular complexity index is 474. The fourth-order valence-corrected chi connectivity index (χ4v) is 1.81. The lowest BCUT2D eigenvalue weighted by atomic mass is 10.1. The Morgan fingerprint density at radius 2 is 1.91 bits per heavy atom. The molecule has 1 atom stereocenters. The van der Waals surface area contributed by atoms with E-state index in [0.717, 1.165) is 5.69 Å². The summed E-state index contributed by atoms with van der Waals surface area (Å²) in [5.41, 5.74) is 0.731. The van der Waals surface area contributed by atoms with Gasteiger partial charge in [-0.3, -0.25) is 9.59 Å². The lowest BCUT2D eigenvalue weighted by Gasteiger charge is -2.12. The average molecular weight is 308 g/mol. The summed E-state index contributed by atoms with van der Waals surface area (Å²) in [6.45, 7) is 2.94. The third-order valence-electron chi connectivity index (χ3n) is 3.10. The van der Waals surface area contributed by atoms with Crippen molar-refractivity contribution in [1.29, 1.82) is 0 Å². The summed E-state index contributed by atoms with van der Waals surface area (Å²) in [6, 6.07) is 7.16. The molecule has 0 spiro atoms. The van der Waals surface area contributed by atoms with Crippen molar-refractivity contribution in [3.63, 3.8) is 0 Å². The molecule has 0 fully saturated rings. The zero-order chi connectivity index (χ0) is 16.4. The molecule has 1 rings (SSSR count). The van der Waals surface area contributed by atoms with Crippen LogP contribution in [0.2, 0.25) is 0 Å². The van der Waals surface area contributed by atoms with Crippen LogP contribution in [-0.4, -0.2) is 39.2 Å². The van der Waals surface area contributed by atoms with Crippen LogP contribution in [0.25, 0.3) is 0 Å². The predicted molar refractivity (Wildman–Crippen MR) is 84.9 cm³/mol. The molecular weight excluding hydrogens is 284 g/mol. The molecule has 1 unspecified atom stereocenters. The van der Waals surface area contributed by atoms with E-state index in [1.807, 2.05) is 14.0 Å². The van der Waals surface area contributed by atoms with Gasteiger partial charge in [0, 0.05) is 24.6 Å². The minimum Gasteiger partial charge on any atom is -0.494 e. The van der Waals surface area contributed by atoms with Crippen LogP contribution in [-0.2, 0) is 14.3 Å². The number of rotatable bonds is 9. The molecule has 0 radical (unpaired) electrons. The molecule has 6 nitrogen and oxygen atoms in total. The summed E-state index contributed by atoms with van der Waals surface area (Å²) < 4.78 is 10.1. The van der Waals surface area contributed by atoms with Crippen LogP contribution >= 0.6 is 0 Å². The molecule has 2 N–H and O–H groups in total. The smallest absolute Gasteiger partial charge is 0.305 e. The molecule has 1 aromatic carbocycles. The van der Waals surface area contributed by atoms with Gasteiger partial charge in [0.05, 0.1) is 13.7 Å². The van der Waals surface area contributed by atoms with Gasteiger partial charge in [0.15, 0.2) is 0 Å². The maximum atomic E-state index is 11.9. The monoisotopic (exact) mass is 308 g/mol. The molecule has 0 aliphatic carbocycles. The van der Waals surface area contributed by atoms with Gasteiger partial charge in [-0.05, 0) is 37.7 Å². The minimum absolute atomic E-state index is 0.0268. The first-order valence-corrected chi connectivity index (χ1v) is 7.32. The summed E-state index contributed by atoms with van der Waals surface area (Å²) in [6.07, 6.45) is 0.945. The summed E-state index contributed by atoms with van der Waals surface area (Å²) >= 11 is 0. The van der Waals surface area contributed by atoms with E-state index in [9.17, 15) is 9.59 Å². The second-order valence-electron chi connectivity index (χ2n) is 5.00. The maximum Gasteiger partial charge on any atom is 0.305 e. The Balaban J connectivity index is 2.36. The van der Waals surface area contributed by atoms with Gasteiger partial charge in [0.1, 0.15) is 5.75 Å². The molecule has 0 saturated heterocycles. The molecule has 1 amide bonds. The molecule has 0 aliphatic rings. The van der Waals surface area contributed by atoms with Crippen LogP contribution in [0.5, 0.6) is 5.75 Å². The second-order valence-corrected chi connectivity index (χ2v) is 5.00. The van der Waals surface area contributed by atoms with Gasteiger partial charge in [0.25, 0.3) is 0 Å². The Kier molecular flexibility index (Phi) is 7.99. The highest BCUT2D eigenvalue weighted by molar-refractivity contribution is 5.92. The van der Waals surface area contributed by atoms with Gasteiger partial charge in [-0.25, -0.2) is 0 Å². The van der Waals surface area contributed by atoms with Gasteiger partial charge >= 0.3 is 5.97 Å². The number of methoxy groups -OCH3 is 1. The summed E-state index contributed by atoms with van der Waals surface area (Å²) in [5.74, 6) is 0.337. The molecule has 6 heteroatoms. The van der Waals surface area contributed by atoms with Crippen molar-refractivity contribution in [2.45, 2.75) is 19.8 Å². The fourth-order valence-electron chi connectivity index (χ4n) is 1.81. The zero-order valence-electron chi connectivity index (χ0n) is 13.3. The van der Waals surface area contributed by atoms with Crippen molar-refractivity contribution in [2.24, 2.45) is 5.92 Å². The number of amides is 1. The minimum atomic E-state index is -0.239. The van der Waals surface area contributed by atoms with Crippen molar-refractivity contribution in [2.75, 3.05) is 32.6 Å². The largest absolute Gasteiger partial charge is 0.494 e. The van der Waals surface area contributed by atoms with E-state index in [0.29, 0.717) is 31.7 Å². The second kappa shape index (κ2) is 9.78. The maximum absolute atomic E-state index is 11.9. The van der Waals surface area contributed by atoms with Crippen LogP contribution in [0.1, 0.15) is 19.8 Å². The molecule has 0 aromatic heterocycles. The molecule has 0 saturated carbocycles. The Morgan fingerprint density at radius 3 is 2.50 bits per heavy atom.